The minimum atomic E-state index is -1.11. The molecule has 25 heavy (non-hydrogen) atoms. The first-order chi connectivity index (χ1) is 11.9. The summed E-state index contributed by atoms with van der Waals surface area (Å²) in [6.07, 6.45) is 6.71. The molecule has 4 bridgehead atoms. The Kier molecular flexibility index (Phi) is 3.95. The number of aromatic carboxylic acids is 1. The zero-order valence-corrected chi connectivity index (χ0v) is 14.9. The van der Waals surface area contributed by atoms with Gasteiger partial charge in [-0.3, -0.25) is 4.79 Å². The number of carboxylic acids is 1. The van der Waals surface area contributed by atoms with Gasteiger partial charge in [0.15, 0.2) is 0 Å². The highest BCUT2D eigenvalue weighted by atomic mass is 35.5. The van der Waals surface area contributed by atoms with Crippen LogP contribution in [0.5, 0.6) is 5.75 Å². The van der Waals surface area contributed by atoms with Crippen molar-refractivity contribution in [1.82, 2.24) is 0 Å². The van der Waals surface area contributed by atoms with E-state index in [1.54, 1.807) is 0 Å². The summed E-state index contributed by atoms with van der Waals surface area (Å²) in [6.45, 7) is 0. The van der Waals surface area contributed by atoms with Gasteiger partial charge >= 0.3 is 5.97 Å². The van der Waals surface area contributed by atoms with E-state index in [1.807, 2.05) is 0 Å². The summed E-state index contributed by atoms with van der Waals surface area (Å²) in [5, 5.41) is 12.4. The van der Waals surface area contributed by atoms with Crippen LogP contribution in [0.2, 0.25) is 5.02 Å². The molecule has 1 aromatic carbocycles. The summed E-state index contributed by atoms with van der Waals surface area (Å²) in [7, 11) is 1.40. The molecule has 134 valence electrons. The number of hydrogen-bond donors (Lipinski definition) is 2. The van der Waals surface area contributed by atoms with E-state index in [4.69, 9.17) is 16.3 Å². The molecule has 5 nitrogen and oxygen atoms in total. The highest BCUT2D eigenvalue weighted by Crippen LogP contribution is 2.60. The summed E-state index contributed by atoms with van der Waals surface area (Å²) in [6, 6.07) is 2.84. The third-order valence-electron chi connectivity index (χ3n) is 6.29. The van der Waals surface area contributed by atoms with Crippen LogP contribution in [0.25, 0.3) is 0 Å². The molecular formula is C19H22ClNO4. The van der Waals surface area contributed by atoms with Gasteiger partial charge < -0.3 is 15.2 Å². The molecule has 4 aliphatic carbocycles. The van der Waals surface area contributed by atoms with Gasteiger partial charge in [0, 0.05) is 6.07 Å². The van der Waals surface area contributed by atoms with Crippen molar-refractivity contribution < 1.29 is 19.4 Å². The van der Waals surface area contributed by atoms with E-state index >= 15 is 0 Å². The van der Waals surface area contributed by atoms with Gasteiger partial charge in [-0.25, -0.2) is 4.79 Å². The Morgan fingerprint density at radius 3 is 2.20 bits per heavy atom. The summed E-state index contributed by atoms with van der Waals surface area (Å²) < 4.78 is 5.14. The number of hydrogen-bond acceptors (Lipinski definition) is 3. The number of carbonyl (C=O) groups excluding carboxylic acids is 1. The van der Waals surface area contributed by atoms with E-state index in [0.29, 0.717) is 23.4 Å². The van der Waals surface area contributed by atoms with Crippen LogP contribution in [-0.4, -0.2) is 24.1 Å². The van der Waals surface area contributed by atoms with Gasteiger partial charge in [0.1, 0.15) is 11.3 Å². The lowest BCUT2D eigenvalue weighted by Gasteiger charge is -2.55. The summed E-state index contributed by atoms with van der Waals surface area (Å²) in [5.74, 6) is 1.14. The van der Waals surface area contributed by atoms with E-state index in [-0.39, 0.29) is 27.7 Å². The summed E-state index contributed by atoms with van der Waals surface area (Å²) in [5.41, 5.74) is 0.126. The van der Waals surface area contributed by atoms with Crippen LogP contribution in [0.4, 0.5) is 5.69 Å². The summed E-state index contributed by atoms with van der Waals surface area (Å²) >= 11 is 6.22. The quantitative estimate of drug-likeness (QED) is 0.840. The average Bonchev–Trinajstić information content (AvgIpc) is 2.54. The zero-order chi connectivity index (χ0) is 17.8. The lowest BCUT2D eigenvalue weighted by molar-refractivity contribution is -0.140. The number of carbonyl (C=O) groups is 2. The minimum Gasteiger partial charge on any atom is -0.496 e. The molecule has 4 fully saturated rings. The molecule has 0 radical (unpaired) electrons. The smallest absolute Gasteiger partial charge is 0.339 e. The highest BCUT2D eigenvalue weighted by Gasteiger charge is 2.54. The van der Waals surface area contributed by atoms with Crippen LogP contribution in [0.15, 0.2) is 12.1 Å². The van der Waals surface area contributed by atoms with E-state index < -0.39 is 5.97 Å². The fourth-order valence-corrected chi connectivity index (χ4v) is 5.84. The lowest BCUT2D eigenvalue weighted by Crippen LogP contribution is -2.51. The number of methoxy groups -OCH3 is 1. The van der Waals surface area contributed by atoms with Crippen LogP contribution >= 0.6 is 11.6 Å². The Morgan fingerprint density at radius 2 is 1.72 bits per heavy atom. The molecule has 0 saturated heterocycles. The Morgan fingerprint density at radius 1 is 1.16 bits per heavy atom. The first-order valence-electron chi connectivity index (χ1n) is 8.82. The highest BCUT2D eigenvalue weighted by molar-refractivity contribution is 6.34. The number of halogens is 1. The molecule has 4 saturated carbocycles. The minimum absolute atomic E-state index is 0.0136. The van der Waals surface area contributed by atoms with Crippen molar-refractivity contribution in [3.05, 3.63) is 22.7 Å². The van der Waals surface area contributed by atoms with Gasteiger partial charge in [-0.1, -0.05) is 11.6 Å². The zero-order valence-electron chi connectivity index (χ0n) is 14.2. The van der Waals surface area contributed by atoms with Gasteiger partial charge in [0.2, 0.25) is 5.91 Å². The average molecular weight is 364 g/mol. The Bertz CT molecular complexity index is 710. The monoisotopic (exact) mass is 363 g/mol. The number of amides is 1. The molecule has 0 aliphatic heterocycles. The maximum atomic E-state index is 13.1. The molecule has 4 aliphatic rings. The van der Waals surface area contributed by atoms with Crippen LogP contribution in [0, 0.1) is 23.2 Å². The molecule has 5 rings (SSSR count). The molecule has 0 aromatic heterocycles. The molecule has 6 heteroatoms. The maximum absolute atomic E-state index is 13.1. The van der Waals surface area contributed by atoms with Crippen LogP contribution in [0.3, 0.4) is 0 Å². The molecule has 0 atom stereocenters. The topological polar surface area (TPSA) is 75.6 Å². The third-order valence-corrected chi connectivity index (χ3v) is 6.60. The van der Waals surface area contributed by atoms with Gasteiger partial charge in [-0.05, 0) is 62.3 Å². The second kappa shape index (κ2) is 5.90. The van der Waals surface area contributed by atoms with Gasteiger partial charge in [0.25, 0.3) is 0 Å². The maximum Gasteiger partial charge on any atom is 0.339 e. The lowest BCUT2D eigenvalue weighted by atomic mass is 9.49. The molecule has 0 heterocycles. The molecular weight excluding hydrogens is 342 g/mol. The number of carboxylic acid groups (broad SMARTS) is 1. The fraction of sp³-hybridized carbons (Fsp3) is 0.579. The SMILES string of the molecule is COc1cc(NC(=O)C23CC4CC(CC(C4)C2)C3)c(Cl)cc1C(=O)O. The number of benzene rings is 1. The van der Waals surface area contributed by atoms with Crippen molar-refractivity contribution in [2.45, 2.75) is 38.5 Å². The molecule has 1 amide bonds. The number of rotatable bonds is 4. The van der Waals surface area contributed by atoms with Gasteiger partial charge in [0.05, 0.1) is 23.2 Å². The first-order valence-corrected chi connectivity index (χ1v) is 9.20. The van der Waals surface area contributed by atoms with Crippen molar-refractivity contribution in [3.63, 3.8) is 0 Å². The van der Waals surface area contributed by atoms with Gasteiger partial charge in [-0.2, -0.15) is 0 Å². The van der Waals surface area contributed by atoms with Crippen molar-refractivity contribution >= 4 is 29.2 Å². The Labute approximate surface area is 151 Å². The van der Waals surface area contributed by atoms with Crippen LogP contribution in [-0.2, 0) is 4.79 Å². The van der Waals surface area contributed by atoms with E-state index in [0.717, 1.165) is 19.3 Å². The van der Waals surface area contributed by atoms with E-state index in [1.165, 1.54) is 38.5 Å². The van der Waals surface area contributed by atoms with Gasteiger partial charge in [-0.15, -0.1) is 0 Å². The molecule has 1 aromatic rings. The second-order valence-corrected chi connectivity index (χ2v) is 8.40. The Hall–Kier alpha value is -1.75. The van der Waals surface area contributed by atoms with Crippen molar-refractivity contribution in [1.29, 1.82) is 0 Å². The van der Waals surface area contributed by atoms with Crippen LogP contribution < -0.4 is 10.1 Å². The standard InChI is InChI=1S/C19H22ClNO4/c1-25-16-6-15(14(20)5-13(16)17(22)23)21-18(24)19-7-10-2-11(8-19)4-12(3-10)9-19/h5-6,10-12H,2-4,7-9H2,1H3,(H,21,24)(H,22,23). The van der Waals surface area contributed by atoms with Crippen molar-refractivity contribution in [2.75, 3.05) is 12.4 Å². The van der Waals surface area contributed by atoms with Crippen LogP contribution in [0.1, 0.15) is 48.9 Å². The fourth-order valence-electron chi connectivity index (χ4n) is 5.63. The predicted octanol–water partition coefficient (Wildman–Crippen LogP) is 4.20. The second-order valence-electron chi connectivity index (χ2n) is 7.99. The largest absolute Gasteiger partial charge is 0.496 e. The Balaban J connectivity index is 1.60. The van der Waals surface area contributed by atoms with Crippen molar-refractivity contribution in [2.24, 2.45) is 23.2 Å². The van der Waals surface area contributed by atoms with E-state index in [9.17, 15) is 14.7 Å². The number of ether oxygens (including phenoxy) is 1. The third kappa shape index (κ3) is 2.78. The normalized spacial score (nSPS) is 32.5. The number of nitrogens with one attached hydrogen (secondary N) is 1. The molecule has 0 unspecified atom stereocenters. The first kappa shape index (κ1) is 16.7. The summed E-state index contributed by atoms with van der Waals surface area (Å²) in [4.78, 5) is 24.4. The number of anilines is 1. The molecule has 2 N–H and O–H groups in total. The molecule has 0 spiro atoms. The van der Waals surface area contributed by atoms with Crippen molar-refractivity contribution in [3.8, 4) is 5.75 Å². The van der Waals surface area contributed by atoms with E-state index in [2.05, 4.69) is 5.32 Å². The predicted molar refractivity (Wildman–Crippen MR) is 94.2 cm³/mol.